The standard InChI is InChI=1S/C12H15BrN2O2/c1-8-11(3-4-17-8)15(2)12(16)9-5-10(13)7-14-6-9/h5-8,11H,3-4H2,1-2H3. The Hall–Kier alpha value is -0.940. The molecule has 1 fully saturated rings. The number of pyridine rings is 1. The largest absolute Gasteiger partial charge is 0.376 e. The van der Waals surface area contributed by atoms with Gasteiger partial charge in [0.05, 0.1) is 17.7 Å². The highest BCUT2D eigenvalue weighted by atomic mass is 79.9. The summed E-state index contributed by atoms with van der Waals surface area (Å²) in [6, 6.07) is 1.94. The Labute approximate surface area is 109 Å². The average Bonchev–Trinajstić information content (AvgIpc) is 2.73. The Balaban J connectivity index is 2.14. The van der Waals surface area contributed by atoms with Crippen LogP contribution in [0.4, 0.5) is 0 Å². The van der Waals surface area contributed by atoms with Crippen LogP contribution in [0.25, 0.3) is 0 Å². The summed E-state index contributed by atoms with van der Waals surface area (Å²) in [4.78, 5) is 18.0. The molecule has 4 nitrogen and oxygen atoms in total. The molecule has 17 heavy (non-hydrogen) atoms. The molecule has 1 aromatic heterocycles. The van der Waals surface area contributed by atoms with Gasteiger partial charge in [-0.25, -0.2) is 0 Å². The fraction of sp³-hybridized carbons (Fsp3) is 0.500. The van der Waals surface area contributed by atoms with Gasteiger partial charge in [0, 0.05) is 30.5 Å². The van der Waals surface area contributed by atoms with Crippen LogP contribution in [0.2, 0.25) is 0 Å². The third-order valence-corrected chi connectivity index (χ3v) is 3.54. The average molecular weight is 299 g/mol. The van der Waals surface area contributed by atoms with Crippen LogP contribution >= 0.6 is 15.9 Å². The zero-order chi connectivity index (χ0) is 12.4. The van der Waals surface area contributed by atoms with Crippen molar-refractivity contribution in [3.05, 3.63) is 28.5 Å². The zero-order valence-electron chi connectivity index (χ0n) is 9.89. The molecule has 1 aromatic rings. The van der Waals surface area contributed by atoms with Gasteiger partial charge >= 0.3 is 0 Å². The number of rotatable bonds is 2. The van der Waals surface area contributed by atoms with Crippen molar-refractivity contribution < 1.29 is 9.53 Å². The Morgan fingerprint density at radius 2 is 2.35 bits per heavy atom. The lowest BCUT2D eigenvalue weighted by Gasteiger charge is -2.26. The van der Waals surface area contributed by atoms with Crippen molar-refractivity contribution in [3.63, 3.8) is 0 Å². The molecular weight excluding hydrogens is 284 g/mol. The quantitative estimate of drug-likeness (QED) is 0.840. The first kappa shape index (κ1) is 12.5. The maximum absolute atomic E-state index is 12.2. The monoisotopic (exact) mass is 298 g/mol. The first-order chi connectivity index (χ1) is 8.09. The highest BCUT2D eigenvalue weighted by Gasteiger charge is 2.31. The number of hydrogen-bond donors (Lipinski definition) is 0. The summed E-state index contributed by atoms with van der Waals surface area (Å²) in [6.07, 6.45) is 4.25. The zero-order valence-corrected chi connectivity index (χ0v) is 11.5. The molecule has 2 heterocycles. The molecule has 5 heteroatoms. The maximum atomic E-state index is 12.2. The summed E-state index contributed by atoms with van der Waals surface area (Å²) in [5.41, 5.74) is 0.598. The number of amides is 1. The molecule has 0 spiro atoms. The van der Waals surface area contributed by atoms with Gasteiger partial charge < -0.3 is 9.64 Å². The molecule has 0 aromatic carbocycles. The van der Waals surface area contributed by atoms with Crippen LogP contribution in [0.1, 0.15) is 23.7 Å². The van der Waals surface area contributed by atoms with Crippen LogP contribution in [0.3, 0.4) is 0 Å². The van der Waals surface area contributed by atoms with Gasteiger partial charge in [0.2, 0.25) is 0 Å². The number of ether oxygens (including phenoxy) is 1. The summed E-state index contributed by atoms with van der Waals surface area (Å²) in [7, 11) is 1.82. The van der Waals surface area contributed by atoms with Gasteiger partial charge in [0.1, 0.15) is 0 Å². The highest BCUT2D eigenvalue weighted by Crippen LogP contribution is 2.20. The van der Waals surface area contributed by atoms with Crippen molar-refractivity contribution in [2.24, 2.45) is 0 Å². The predicted octanol–water partition coefficient (Wildman–Crippen LogP) is 2.09. The highest BCUT2D eigenvalue weighted by molar-refractivity contribution is 9.10. The first-order valence-electron chi connectivity index (χ1n) is 5.59. The summed E-state index contributed by atoms with van der Waals surface area (Å²) < 4.78 is 6.29. The van der Waals surface area contributed by atoms with Crippen LogP contribution in [0.5, 0.6) is 0 Å². The van der Waals surface area contributed by atoms with E-state index in [9.17, 15) is 4.79 Å². The molecule has 0 bridgehead atoms. The van der Waals surface area contributed by atoms with Crippen molar-refractivity contribution in [1.82, 2.24) is 9.88 Å². The number of halogens is 1. The van der Waals surface area contributed by atoms with Crippen molar-refractivity contribution in [1.29, 1.82) is 0 Å². The van der Waals surface area contributed by atoms with E-state index in [1.54, 1.807) is 23.4 Å². The van der Waals surface area contributed by atoms with Crippen molar-refractivity contribution in [2.75, 3.05) is 13.7 Å². The van der Waals surface area contributed by atoms with E-state index in [2.05, 4.69) is 20.9 Å². The molecular formula is C12H15BrN2O2. The molecule has 2 unspecified atom stereocenters. The number of nitrogens with zero attached hydrogens (tertiary/aromatic N) is 2. The molecule has 0 N–H and O–H groups in total. The third kappa shape index (κ3) is 2.66. The lowest BCUT2D eigenvalue weighted by molar-refractivity contribution is 0.0574. The molecule has 0 aliphatic carbocycles. The van der Waals surface area contributed by atoms with Crippen LogP contribution in [0, 0.1) is 0 Å². The number of carbonyl (C=O) groups is 1. The molecule has 1 aliphatic heterocycles. The SMILES string of the molecule is CC1OCCC1N(C)C(=O)c1cncc(Br)c1. The summed E-state index contributed by atoms with van der Waals surface area (Å²) in [5.74, 6) is -0.0128. The minimum atomic E-state index is -0.0128. The predicted molar refractivity (Wildman–Crippen MR) is 67.8 cm³/mol. The Morgan fingerprint density at radius 1 is 1.59 bits per heavy atom. The molecule has 2 rings (SSSR count). The lowest BCUT2D eigenvalue weighted by Crippen LogP contribution is -2.41. The minimum absolute atomic E-state index is 0.0128. The molecule has 1 amide bonds. The second kappa shape index (κ2) is 5.14. The summed E-state index contributed by atoms with van der Waals surface area (Å²) in [6.45, 7) is 2.72. The minimum Gasteiger partial charge on any atom is -0.376 e. The van der Waals surface area contributed by atoms with E-state index in [0.29, 0.717) is 5.56 Å². The molecule has 0 radical (unpaired) electrons. The Bertz CT molecular complexity index is 425. The Kier molecular flexibility index (Phi) is 3.79. The van der Waals surface area contributed by atoms with Gasteiger partial charge in [-0.2, -0.15) is 0 Å². The number of aromatic nitrogens is 1. The summed E-state index contributed by atoms with van der Waals surface area (Å²) in [5, 5.41) is 0. The van der Waals surface area contributed by atoms with Gasteiger partial charge in [-0.15, -0.1) is 0 Å². The van der Waals surface area contributed by atoms with E-state index in [1.807, 2.05) is 14.0 Å². The van der Waals surface area contributed by atoms with E-state index >= 15 is 0 Å². The van der Waals surface area contributed by atoms with E-state index in [4.69, 9.17) is 4.74 Å². The Morgan fingerprint density at radius 3 is 2.94 bits per heavy atom. The van der Waals surface area contributed by atoms with E-state index in [-0.39, 0.29) is 18.1 Å². The van der Waals surface area contributed by atoms with Gasteiger partial charge in [0.15, 0.2) is 0 Å². The van der Waals surface area contributed by atoms with Crippen molar-refractivity contribution >= 4 is 21.8 Å². The third-order valence-electron chi connectivity index (χ3n) is 3.11. The van der Waals surface area contributed by atoms with Crippen molar-refractivity contribution in [2.45, 2.75) is 25.5 Å². The molecule has 1 aliphatic rings. The second-order valence-corrected chi connectivity index (χ2v) is 5.16. The number of likely N-dealkylation sites (N-methyl/N-ethyl adjacent to an activating group) is 1. The van der Waals surface area contributed by atoms with Gasteiger partial charge in [-0.3, -0.25) is 9.78 Å². The molecule has 0 saturated carbocycles. The first-order valence-corrected chi connectivity index (χ1v) is 6.38. The lowest BCUT2D eigenvalue weighted by atomic mass is 10.1. The second-order valence-electron chi connectivity index (χ2n) is 4.24. The van der Waals surface area contributed by atoms with Crippen LogP contribution in [-0.4, -0.2) is 41.6 Å². The van der Waals surface area contributed by atoms with Crippen LogP contribution in [0.15, 0.2) is 22.9 Å². The number of carbonyl (C=O) groups excluding carboxylic acids is 1. The van der Waals surface area contributed by atoms with Gasteiger partial charge in [-0.1, -0.05) is 0 Å². The molecule has 2 atom stereocenters. The normalized spacial score (nSPS) is 23.7. The van der Waals surface area contributed by atoms with Gasteiger partial charge in [-0.05, 0) is 35.3 Å². The van der Waals surface area contributed by atoms with Crippen LogP contribution < -0.4 is 0 Å². The van der Waals surface area contributed by atoms with E-state index < -0.39 is 0 Å². The fourth-order valence-corrected chi connectivity index (χ4v) is 2.48. The topological polar surface area (TPSA) is 42.4 Å². The van der Waals surface area contributed by atoms with Crippen molar-refractivity contribution in [3.8, 4) is 0 Å². The molecule has 1 saturated heterocycles. The number of hydrogen-bond acceptors (Lipinski definition) is 3. The van der Waals surface area contributed by atoms with Gasteiger partial charge in [0.25, 0.3) is 5.91 Å². The maximum Gasteiger partial charge on any atom is 0.255 e. The van der Waals surface area contributed by atoms with Crippen LogP contribution in [-0.2, 0) is 4.74 Å². The molecule has 92 valence electrons. The fourth-order valence-electron chi connectivity index (χ4n) is 2.11. The van der Waals surface area contributed by atoms with E-state index in [0.717, 1.165) is 17.5 Å². The smallest absolute Gasteiger partial charge is 0.255 e. The summed E-state index contributed by atoms with van der Waals surface area (Å²) >= 11 is 3.32. The van der Waals surface area contributed by atoms with E-state index in [1.165, 1.54) is 0 Å².